The first-order valence-electron chi connectivity index (χ1n) is 10.5. The number of carbonyl (C=O) groups excluding carboxylic acids is 2. The Kier molecular flexibility index (Phi) is 4.96. The van der Waals surface area contributed by atoms with E-state index < -0.39 is 36.2 Å². The van der Waals surface area contributed by atoms with Gasteiger partial charge in [-0.1, -0.05) is 12.1 Å². The summed E-state index contributed by atoms with van der Waals surface area (Å²) >= 11 is 0. The lowest BCUT2D eigenvalue weighted by Gasteiger charge is -2.29. The zero-order valence-corrected chi connectivity index (χ0v) is 18.0. The smallest absolute Gasteiger partial charge is 0.261 e. The van der Waals surface area contributed by atoms with Gasteiger partial charge in [0.05, 0.1) is 30.9 Å². The molecule has 3 fully saturated rings. The summed E-state index contributed by atoms with van der Waals surface area (Å²) in [5.41, 5.74) is 0.838. The lowest BCUT2D eigenvalue weighted by Crippen LogP contribution is -2.45. The normalized spacial score (nSPS) is 35.6. The van der Waals surface area contributed by atoms with Crippen LogP contribution in [0.1, 0.15) is 48.4 Å². The van der Waals surface area contributed by atoms with Crippen molar-refractivity contribution in [2.75, 3.05) is 19.8 Å². The highest BCUT2D eigenvalue weighted by atomic mass is 16.8. The first-order valence-corrected chi connectivity index (χ1v) is 10.5. The van der Waals surface area contributed by atoms with E-state index in [2.05, 4.69) is 0 Å². The van der Waals surface area contributed by atoms with E-state index in [0.29, 0.717) is 17.7 Å². The molecule has 2 amide bonds. The molecule has 1 aromatic rings. The van der Waals surface area contributed by atoms with Gasteiger partial charge >= 0.3 is 0 Å². The SMILES string of the molecule is CC1(C)OCC([C@H]2O[C@@H]3OC(C)(C)O[C@@H]3[C@H]2OCCN2C(=O)c3ccccc3C2=O)O1. The Hall–Kier alpha value is -1.88. The molecule has 0 spiro atoms. The first-order chi connectivity index (χ1) is 14.7. The second-order valence-corrected chi connectivity index (χ2v) is 9.08. The molecule has 4 aliphatic rings. The molecule has 3 saturated heterocycles. The Morgan fingerprint density at radius 3 is 2.26 bits per heavy atom. The number of fused-ring (bicyclic) bond motifs is 2. The van der Waals surface area contributed by atoms with E-state index in [0.717, 1.165) is 0 Å². The number of benzene rings is 1. The van der Waals surface area contributed by atoms with Gasteiger partial charge in [-0.05, 0) is 39.8 Å². The van der Waals surface area contributed by atoms with Gasteiger partial charge in [-0.2, -0.15) is 0 Å². The van der Waals surface area contributed by atoms with E-state index in [9.17, 15) is 9.59 Å². The number of nitrogens with zero attached hydrogens (tertiary/aromatic N) is 1. The van der Waals surface area contributed by atoms with E-state index in [1.165, 1.54) is 4.90 Å². The Morgan fingerprint density at radius 1 is 0.968 bits per heavy atom. The highest BCUT2D eigenvalue weighted by Crippen LogP contribution is 2.42. The van der Waals surface area contributed by atoms with Gasteiger partial charge in [-0.15, -0.1) is 0 Å². The van der Waals surface area contributed by atoms with Crippen LogP contribution in [0.4, 0.5) is 0 Å². The predicted molar refractivity (Wildman–Crippen MR) is 105 cm³/mol. The molecule has 0 aliphatic carbocycles. The molecule has 1 aromatic carbocycles. The number of ether oxygens (including phenoxy) is 6. The third-order valence-corrected chi connectivity index (χ3v) is 5.93. The summed E-state index contributed by atoms with van der Waals surface area (Å²) < 4.78 is 35.8. The van der Waals surface area contributed by atoms with Crippen molar-refractivity contribution in [1.82, 2.24) is 4.90 Å². The van der Waals surface area contributed by atoms with E-state index in [4.69, 9.17) is 28.4 Å². The molecule has 0 N–H and O–H groups in total. The molecule has 168 valence electrons. The minimum atomic E-state index is -0.795. The van der Waals surface area contributed by atoms with Crippen LogP contribution in [0.5, 0.6) is 0 Å². The van der Waals surface area contributed by atoms with Gasteiger partial charge in [-0.25, -0.2) is 0 Å². The van der Waals surface area contributed by atoms with E-state index in [-0.39, 0.29) is 31.1 Å². The number of carbonyl (C=O) groups is 2. The van der Waals surface area contributed by atoms with Crippen LogP contribution >= 0.6 is 0 Å². The number of hydrogen-bond acceptors (Lipinski definition) is 8. The van der Waals surface area contributed by atoms with Gasteiger partial charge in [-0.3, -0.25) is 14.5 Å². The number of imide groups is 1. The highest BCUT2D eigenvalue weighted by Gasteiger charge is 2.59. The summed E-state index contributed by atoms with van der Waals surface area (Å²) in [6.07, 6.45) is -2.34. The molecule has 31 heavy (non-hydrogen) atoms. The lowest BCUT2D eigenvalue weighted by atomic mass is 10.1. The maximum absolute atomic E-state index is 12.6. The quantitative estimate of drug-likeness (QED) is 0.648. The standard InChI is InChI=1S/C22H27NO8/c1-21(2)27-11-14(29-21)15-16(17-20(28-15)31-22(3,4)30-17)26-10-9-23-18(24)12-7-5-6-8-13(12)19(23)25/h5-8,14-17,20H,9-11H2,1-4H3/t14?,15-,16+,17-,20-/m1/s1. The van der Waals surface area contributed by atoms with Crippen LogP contribution in [0, 0.1) is 0 Å². The van der Waals surface area contributed by atoms with Crippen molar-refractivity contribution in [2.24, 2.45) is 0 Å². The maximum Gasteiger partial charge on any atom is 0.261 e. The lowest BCUT2D eigenvalue weighted by molar-refractivity contribution is -0.235. The van der Waals surface area contributed by atoms with Crippen molar-refractivity contribution >= 4 is 11.8 Å². The average Bonchev–Trinajstić information content (AvgIpc) is 3.38. The summed E-state index contributed by atoms with van der Waals surface area (Å²) in [5.74, 6) is -2.12. The van der Waals surface area contributed by atoms with Gasteiger partial charge in [0.15, 0.2) is 17.9 Å². The fourth-order valence-electron chi connectivity index (χ4n) is 4.59. The zero-order chi connectivity index (χ0) is 22.0. The highest BCUT2D eigenvalue weighted by molar-refractivity contribution is 6.21. The molecule has 5 rings (SSSR count). The summed E-state index contributed by atoms with van der Waals surface area (Å²) in [4.78, 5) is 26.4. The van der Waals surface area contributed by atoms with E-state index >= 15 is 0 Å². The zero-order valence-electron chi connectivity index (χ0n) is 18.0. The van der Waals surface area contributed by atoms with Crippen molar-refractivity contribution in [3.05, 3.63) is 35.4 Å². The van der Waals surface area contributed by atoms with Crippen LogP contribution in [0.2, 0.25) is 0 Å². The predicted octanol–water partition coefficient (Wildman–Crippen LogP) is 1.70. The third kappa shape index (κ3) is 3.69. The Labute approximate surface area is 180 Å². The summed E-state index contributed by atoms with van der Waals surface area (Å²) in [5, 5.41) is 0. The van der Waals surface area contributed by atoms with Gasteiger partial charge in [0.2, 0.25) is 0 Å². The molecule has 4 aliphatic heterocycles. The topological polar surface area (TPSA) is 92.8 Å². The van der Waals surface area contributed by atoms with Crippen LogP contribution < -0.4 is 0 Å². The van der Waals surface area contributed by atoms with Crippen molar-refractivity contribution in [1.29, 1.82) is 0 Å². The Morgan fingerprint density at radius 2 is 1.65 bits per heavy atom. The molecule has 9 heteroatoms. The summed E-state index contributed by atoms with van der Waals surface area (Å²) in [6.45, 7) is 7.95. The summed E-state index contributed by atoms with van der Waals surface area (Å²) in [6, 6.07) is 6.81. The fourth-order valence-corrected chi connectivity index (χ4v) is 4.59. The number of rotatable bonds is 5. The number of amides is 2. The summed E-state index contributed by atoms with van der Waals surface area (Å²) in [7, 11) is 0. The second-order valence-electron chi connectivity index (χ2n) is 9.08. The molecule has 5 atom stereocenters. The fraction of sp³-hybridized carbons (Fsp3) is 0.636. The molecule has 0 bridgehead atoms. The van der Waals surface area contributed by atoms with Crippen LogP contribution in [0.3, 0.4) is 0 Å². The van der Waals surface area contributed by atoms with Crippen molar-refractivity contribution in [2.45, 2.75) is 70.0 Å². The minimum Gasteiger partial charge on any atom is -0.371 e. The average molecular weight is 433 g/mol. The largest absolute Gasteiger partial charge is 0.371 e. The monoisotopic (exact) mass is 433 g/mol. The molecular formula is C22H27NO8. The molecule has 1 unspecified atom stereocenters. The molecule has 9 nitrogen and oxygen atoms in total. The van der Waals surface area contributed by atoms with Crippen LogP contribution in [-0.2, 0) is 28.4 Å². The molecule has 4 heterocycles. The van der Waals surface area contributed by atoms with Crippen LogP contribution in [0.15, 0.2) is 24.3 Å². The molecular weight excluding hydrogens is 406 g/mol. The van der Waals surface area contributed by atoms with Crippen molar-refractivity contribution < 1.29 is 38.0 Å². The number of hydrogen-bond donors (Lipinski definition) is 0. The first kappa shape index (κ1) is 21.0. The maximum atomic E-state index is 12.6. The van der Waals surface area contributed by atoms with Gasteiger partial charge in [0.1, 0.15) is 24.4 Å². The molecule has 0 radical (unpaired) electrons. The van der Waals surface area contributed by atoms with Crippen molar-refractivity contribution in [3.8, 4) is 0 Å². The van der Waals surface area contributed by atoms with Gasteiger partial charge in [0.25, 0.3) is 11.8 Å². The van der Waals surface area contributed by atoms with E-state index in [1.807, 2.05) is 27.7 Å². The van der Waals surface area contributed by atoms with Gasteiger partial charge in [0, 0.05) is 0 Å². The Balaban J connectivity index is 1.27. The van der Waals surface area contributed by atoms with Crippen LogP contribution in [0.25, 0.3) is 0 Å². The van der Waals surface area contributed by atoms with Crippen molar-refractivity contribution in [3.63, 3.8) is 0 Å². The molecule has 0 aromatic heterocycles. The van der Waals surface area contributed by atoms with Crippen LogP contribution in [-0.4, -0.2) is 78.8 Å². The Bertz CT molecular complexity index is 864. The second kappa shape index (κ2) is 7.33. The van der Waals surface area contributed by atoms with Gasteiger partial charge < -0.3 is 28.4 Å². The minimum absolute atomic E-state index is 0.130. The van der Waals surface area contributed by atoms with E-state index in [1.54, 1.807) is 24.3 Å². The molecule has 0 saturated carbocycles. The third-order valence-electron chi connectivity index (χ3n) is 5.93.